The molecule has 5 heteroatoms. The third kappa shape index (κ3) is 16.7. The summed E-state index contributed by atoms with van der Waals surface area (Å²) in [5.41, 5.74) is 7.28. The van der Waals surface area contributed by atoms with Crippen LogP contribution in [-0.4, -0.2) is 31.4 Å². The van der Waals surface area contributed by atoms with Crippen molar-refractivity contribution in [2.24, 2.45) is 0 Å². The van der Waals surface area contributed by atoms with Gasteiger partial charge in [0.05, 0.1) is 18.3 Å². The van der Waals surface area contributed by atoms with Gasteiger partial charge in [-0.05, 0) is 69.3 Å². The van der Waals surface area contributed by atoms with Crippen LogP contribution in [0, 0.1) is 0 Å². The molecule has 3 unspecified atom stereocenters. The quantitative estimate of drug-likeness (QED) is 0.0229. The van der Waals surface area contributed by atoms with E-state index in [1.807, 2.05) is 0 Å². The number of hydrogen-bond donors (Lipinski definition) is 0. The Hall–Kier alpha value is -6.79. The molecular formula is C83H92AlLiO3. The predicted octanol–water partition coefficient (Wildman–Crippen LogP) is 18.6. The Morgan fingerprint density at radius 1 is 0.273 bits per heavy atom. The van der Waals surface area contributed by atoms with Gasteiger partial charge in [-0.2, -0.15) is 5.28 Å². The first-order valence-electron chi connectivity index (χ1n) is 32.7. The van der Waals surface area contributed by atoms with Crippen LogP contribution in [0.25, 0.3) is 0 Å². The van der Waals surface area contributed by atoms with Gasteiger partial charge >= 0.3 is 18.9 Å². The minimum absolute atomic E-state index is 0. The smallest absolute Gasteiger partial charge is 0.354 e. The summed E-state index contributed by atoms with van der Waals surface area (Å²) in [6.07, 6.45) is 19.2. The molecule has 3 nitrogen and oxygen atoms in total. The van der Waals surface area contributed by atoms with Gasteiger partial charge in [0.2, 0.25) is 13.1 Å². The zero-order chi connectivity index (χ0) is 60.3. The van der Waals surface area contributed by atoms with Gasteiger partial charge in [0.15, 0.2) is 0 Å². The first-order valence-corrected chi connectivity index (χ1v) is 35.5. The van der Waals surface area contributed by atoms with Crippen LogP contribution in [0.3, 0.4) is 0 Å². The zero-order valence-electron chi connectivity index (χ0n) is 53.2. The van der Waals surface area contributed by atoms with Crippen molar-refractivity contribution in [3.8, 4) is 0 Å². The topological polar surface area (TPSA) is 27.7 Å². The second-order valence-electron chi connectivity index (χ2n) is 23.6. The molecule has 446 valence electrons. The van der Waals surface area contributed by atoms with Gasteiger partial charge in [-0.1, -0.05) is 352 Å². The monoisotopic (exact) mass is 1170 g/mol. The molecule has 3 atom stereocenters. The van der Waals surface area contributed by atoms with Gasteiger partial charge in [-0.25, -0.2) is 0 Å². The van der Waals surface area contributed by atoms with Crippen molar-refractivity contribution in [2.45, 2.75) is 145 Å². The molecule has 0 bridgehead atoms. The van der Waals surface area contributed by atoms with Gasteiger partial charge in [-0.3, -0.25) is 14.8 Å². The molecule has 0 aliphatic heterocycles. The Bertz CT molecular complexity index is 2760. The number of unbranched alkanes of at least 4 members (excludes halogenated alkanes) is 6. The molecule has 0 amide bonds. The van der Waals surface area contributed by atoms with Crippen LogP contribution in [-0.2, 0) is 31.0 Å². The van der Waals surface area contributed by atoms with Crippen molar-refractivity contribution >= 4 is 13.1 Å². The molecule has 0 aliphatic carbocycles. The molecule has 9 rings (SSSR count). The molecule has 9 aromatic rings. The van der Waals surface area contributed by atoms with Crippen LogP contribution >= 0.6 is 0 Å². The molecular weight excluding hydrogens is 1080 g/mol. The molecule has 0 saturated heterocycles. The van der Waals surface area contributed by atoms with Crippen molar-refractivity contribution in [2.75, 3.05) is 0 Å². The van der Waals surface area contributed by atoms with Crippen LogP contribution in [0.15, 0.2) is 306 Å². The average molecular weight is 1170 g/mol. The predicted molar refractivity (Wildman–Crippen MR) is 368 cm³/mol. The molecule has 9 aromatic carbocycles. The van der Waals surface area contributed by atoms with Crippen LogP contribution in [0.5, 0.6) is 0 Å². The van der Waals surface area contributed by atoms with E-state index >= 15 is 0 Å². The van der Waals surface area contributed by atoms with E-state index in [0.717, 1.165) is 132 Å². The molecule has 0 aliphatic rings. The van der Waals surface area contributed by atoms with Crippen molar-refractivity contribution in [3.05, 3.63) is 356 Å². The molecule has 0 N–H and O–H groups in total. The summed E-state index contributed by atoms with van der Waals surface area (Å²) < 4.78 is 24.1. The van der Waals surface area contributed by atoms with E-state index in [9.17, 15) is 0 Å². The van der Waals surface area contributed by atoms with E-state index in [1.54, 1.807) is 0 Å². The van der Waals surface area contributed by atoms with Crippen LogP contribution in [0.1, 0.15) is 155 Å². The molecule has 0 fully saturated rings. The van der Waals surface area contributed by atoms with Gasteiger partial charge in [0.1, 0.15) is 16.8 Å². The second kappa shape index (κ2) is 34.8. The molecule has 0 aromatic heterocycles. The number of rotatable bonds is 34. The Morgan fingerprint density at radius 3 is 0.591 bits per heavy atom. The van der Waals surface area contributed by atoms with Gasteiger partial charge in [0.25, 0.3) is 0 Å². The van der Waals surface area contributed by atoms with Gasteiger partial charge in [0, 0.05) is 0 Å². The minimum Gasteiger partial charge on any atom is -0.354 e. The number of ether oxygens (including phenoxy) is 3. The third-order valence-corrected chi connectivity index (χ3v) is 21.9. The third-order valence-electron chi connectivity index (χ3n) is 17.6. The van der Waals surface area contributed by atoms with Crippen molar-refractivity contribution < 1.29 is 33.1 Å². The largest absolute Gasteiger partial charge is 1.00 e. The Morgan fingerprint density at radius 2 is 0.443 bits per heavy atom. The van der Waals surface area contributed by atoms with Gasteiger partial charge in [-0.15, -0.1) is 25.2 Å². The number of hydrogen-bond acceptors (Lipinski definition) is 3. The normalized spacial score (nSPS) is 13.9. The van der Waals surface area contributed by atoms with Crippen LogP contribution in [0.2, 0.25) is 5.28 Å². The van der Waals surface area contributed by atoms with Gasteiger partial charge < -0.3 is 14.2 Å². The van der Waals surface area contributed by atoms with Crippen molar-refractivity contribution in [1.82, 2.24) is 0 Å². The standard InChI is InChI=1S/3C27H29O.C2H5.Al.Li/c3*1-3-5-9-22-26(4-2)28-27(23-16-10-6-11-17-23,24-18-12-7-13-19-24)25-20-14-8-15-21-25;1-2;;/h3*2,4,6-8,10-21,26H,3,5,9,22H2,1H3;1H2,2H3;;/q;;;;-1;+1. The fraction of sp³-hybridized carbons (Fsp3) is 0.277. The second-order valence-corrected chi connectivity index (χ2v) is 28.2. The molecule has 88 heavy (non-hydrogen) atoms. The summed E-state index contributed by atoms with van der Waals surface area (Å²) in [5.74, 6) is 0. The Kier molecular flexibility index (Phi) is 26.6. The van der Waals surface area contributed by atoms with E-state index in [2.05, 4.69) is 334 Å². The Balaban J connectivity index is 0.0000100. The fourth-order valence-electron chi connectivity index (χ4n) is 12.8. The maximum absolute atomic E-state index is 8.03. The summed E-state index contributed by atoms with van der Waals surface area (Å²) in [6, 6.07) is 97.9. The zero-order valence-corrected chi connectivity index (χ0v) is 54.3. The van der Waals surface area contributed by atoms with E-state index in [0.29, 0.717) is 0 Å². The first kappa shape index (κ1) is 67.1. The van der Waals surface area contributed by atoms with Crippen molar-refractivity contribution in [3.63, 3.8) is 0 Å². The first-order chi connectivity index (χ1) is 42.9. The summed E-state index contributed by atoms with van der Waals surface area (Å²) in [5, 5.41) is 0.936. The average Bonchev–Trinajstić information content (AvgIpc) is 1.03. The fourth-order valence-corrected chi connectivity index (χ4v) is 16.0. The van der Waals surface area contributed by atoms with E-state index in [4.69, 9.17) is 14.2 Å². The molecule has 0 radical (unpaired) electrons. The molecule has 0 heterocycles. The Labute approximate surface area is 543 Å². The van der Waals surface area contributed by atoms with E-state index in [-0.39, 0.29) is 37.2 Å². The summed E-state index contributed by atoms with van der Waals surface area (Å²) in [4.78, 5) is 7.89. The minimum atomic E-state index is -3.26. The maximum atomic E-state index is 8.03. The van der Waals surface area contributed by atoms with E-state index in [1.165, 1.54) is 0 Å². The molecule has 0 saturated carbocycles. The van der Waals surface area contributed by atoms with E-state index < -0.39 is 29.9 Å². The summed E-state index contributed by atoms with van der Waals surface area (Å²) in [6.45, 7) is 9.29. The maximum Gasteiger partial charge on any atom is 1.00 e. The van der Waals surface area contributed by atoms with Crippen LogP contribution < -0.4 is 18.9 Å². The summed E-state index contributed by atoms with van der Waals surface area (Å²) in [7, 11) is 0. The SMILES string of the molecule is CCCCCC(/C=[CH]/[Al-](/[CH]=C/C(CCCCC)OC(c1ccccc1)(c1ccccc1)c1ccccc1)(/[CH]=C/C(CCCCC)OC(c1ccccc1)(c1ccccc1)c1ccccc1)[CH2]C)OC(c1ccccc1)(c1ccccc1)c1ccccc1.[Li+]. The van der Waals surface area contributed by atoms with Crippen LogP contribution in [0.4, 0.5) is 0 Å². The summed E-state index contributed by atoms with van der Waals surface area (Å²) >= 11 is -3.26. The van der Waals surface area contributed by atoms with Crippen molar-refractivity contribution in [1.29, 1.82) is 0 Å². The molecule has 0 spiro atoms. The number of benzene rings is 9.